The highest BCUT2D eigenvalue weighted by Crippen LogP contribution is 2.46. The molecular formula is C49H23B3F4O6S2. The maximum absolute atomic E-state index is 15.7. The summed E-state index contributed by atoms with van der Waals surface area (Å²) in [7, 11) is 0. The van der Waals surface area contributed by atoms with Gasteiger partial charge >= 0.3 is 0 Å². The van der Waals surface area contributed by atoms with Crippen LogP contribution >= 0.6 is 22.7 Å². The molecule has 0 amide bonds. The molecule has 6 aliphatic rings. The normalized spacial score (nSPS) is 14.5. The van der Waals surface area contributed by atoms with Gasteiger partial charge in [0.2, 0.25) is 0 Å². The number of halogens is 4. The second kappa shape index (κ2) is 11.8. The maximum atomic E-state index is 15.7. The largest absolute Gasteiger partial charge is 0.458 e. The average Bonchev–Trinajstić information content (AvgIpc) is 3.79. The molecule has 7 aromatic carbocycles. The van der Waals surface area contributed by atoms with E-state index >= 15 is 8.78 Å². The zero-order chi connectivity index (χ0) is 42.8. The molecule has 0 N–H and O–H groups in total. The average molecular weight is 880 g/mol. The van der Waals surface area contributed by atoms with E-state index < -0.39 is 43.4 Å². The second-order valence-electron chi connectivity index (χ2n) is 17.4. The fourth-order valence-electron chi connectivity index (χ4n) is 10.9. The van der Waals surface area contributed by atoms with Crippen molar-refractivity contribution in [3.8, 4) is 69.0 Å². The molecule has 304 valence electrons. The van der Waals surface area contributed by atoms with Gasteiger partial charge in [0.1, 0.15) is 92.3 Å². The van der Waals surface area contributed by atoms with Crippen LogP contribution in [-0.2, 0) is 0 Å². The Morgan fingerprint density at radius 2 is 0.688 bits per heavy atom. The molecule has 6 nitrogen and oxygen atoms in total. The molecule has 0 bridgehead atoms. The number of benzene rings is 7. The van der Waals surface area contributed by atoms with Gasteiger partial charge in [0.25, 0.3) is 20.1 Å². The summed E-state index contributed by atoms with van der Waals surface area (Å²) >= 11 is 2.62. The Labute approximate surface area is 369 Å². The van der Waals surface area contributed by atoms with Crippen molar-refractivity contribution in [1.82, 2.24) is 0 Å². The van der Waals surface area contributed by atoms with Gasteiger partial charge in [0.15, 0.2) is 0 Å². The molecule has 6 aliphatic heterocycles. The Morgan fingerprint density at radius 3 is 1.06 bits per heavy atom. The van der Waals surface area contributed by atoms with Crippen LogP contribution in [0.4, 0.5) is 17.6 Å². The van der Waals surface area contributed by atoms with Crippen molar-refractivity contribution >= 4 is 111 Å². The van der Waals surface area contributed by atoms with E-state index in [2.05, 4.69) is 12.1 Å². The molecule has 0 unspecified atom stereocenters. The maximum Gasteiger partial charge on any atom is 0.273 e. The topological polar surface area (TPSA) is 55.4 Å². The first-order chi connectivity index (χ1) is 31.0. The van der Waals surface area contributed by atoms with Crippen LogP contribution in [0.25, 0.3) is 20.2 Å². The molecule has 8 heterocycles. The van der Waals surface area contributed by atoms with Gasteiger partial charge in [-0.15, -0.1) is 22.7 Å². The van der Waals surface area contributed by atoms with Gasteiger partial charge in [-0.05, 0) is 108 Å². The lowest BCUT2D eigenvalue weighted by Gasteiger charge is -2.37. The minimum atomic E-state index is -0.685. The van der Waals surface area contributed by atoms with Crippen LogP contribution in [0.2, 0.25) is 0 Å². The third-order valence-corrected chi connectivity index (χ3v) is 15.7. The van der Waals surface area contributed by atoms with E-state index in [0.717, 1.165) is 76.6 Å². The summed E-state index contributed by atoms with van der Waals surface area (Å²) in [4.78, 5) is 0. The van der Waals surface area contributed by atoms with Gasteiger partial charge in [-0.1, -0.05) is 12.1 Å². The van der Waals surface area contributed by atoms with Crippen LogP contribution in [-0.4, -0.2) is 20.1 Å². The molecule has 15 rings (SSSR count). The van der Waals surface area contributed by atoms with Gasteiger partial charge in [-0.25, -0.2) is 17.6 Å². The number of ether oxygens (including phenoxy) is 6. The van der Waals surface area contributed by atoms with Gasteiger partial charge < -0.3 is 28.4 Å². The predicted molar refractivity (Wildman–Crippen MR) is 244 cm³/mol. The fourth-order valence-corrected chi connectivity index (χ4v) is 13.5. The minimum Gasteiger partial charge on any atom is -0.458 e. The van der Waals surface area contributed by atoms with Crippen LogP contribution < -0.4 is 76.2 Å². The predicted octanol–water partition coefficient (Wildman–Crippen LogP) is 7.78. The lowest BCUT2D eigenvalue weighted by molar-refractivity contribution is 0.448. The SMILES string of the molecule is Cc1cc2c3c(c1)Oc1cc4c(cc1B3c1cc3c(cc1O2)Oc1cc(C)cc2c1B3c1sc3cc(F)cc(F)c3c1O2)B1c2sc3cc(F)cc(F)c3c2Oc2cc(C)cc(c21)O4. The molecule has 0 spiro atoms. The summed E-state index contributed by atoms with van der Waals surface area (Å²) in [6.07, 6.45) is 0. The third-order valence-electron chi connectivity index (χ3n) is 13.3. The summed E-state index contributed by atoms with van der Waals surface area (Å²) in [5, 5.41) is 0.484. The van der Waals surface area contributed by atoms with Crippen molar-refractivity contribution in [3.05, 3.63) is 125 Å². The Balaban J connectivity index is 0.972. The lowest BCUT2D eigenvalue weighted by Crippen LogP contribution is -2.62. The number of aryl methyl sites for hydroxylation is 3. The number of fused-ring (bicyclic) bond motifs is 16. The van der Waals surface area contributed by atoms with Crippen LogP contribution in [0, 0.1) is 44.0 Å². The molecule has 0 aliphatic carbocycles. The molecule has 64 heavy (non-hydrogen) atoms. The van der Waals surface area contributed by atoms with Crippen molar-refractivity contribution in [2.75, 3.05) is 0 Å². The Hall–Kier alpha value is -6.83. The first kappa shape index (κ1) is 35.6. The summed E-state index contributed by atoms with van der Waals surface area (Å²) in [5.74, 6) is 4.04. The molecule has 9 aromatic rings. The number of hydrogen-bond acceptors (Lipinski definition) is 8. The van der Waals surface area contributed by atoms with Crippen LogP contribution in [0.3, 0.4) is 0 Å². The van der Waals surface area contributed by atoms with E-state index in [4.69, 9.17) is 28.4 Å². The highest BCUT2D eigenvalue weighted by atomic mass is 32.1. The Kier molecular flexibility index (Phi) is 6.59. The lowest BCUT2D eigenvalue weighted by atomic mass is 9.31. The Morgan fingerprint density at radius 1 is 0.359 bits per heavy atom. The molecule has 0 radical (unpaired) electrons. The standard InChI is InChI=1S/C49H23B3F4O6S2/c1-18-4-33-43-34(5-18)58-30-17-32-26(52-45-36(60-32)7-20(3)9-38(45)62-47-42-28(56)11-22(54)13-40(42)64-49(47)52)15-24(30)50(43)23-14-25-31(16-29(23)57-33)59-35-6-19(2)8-37-44(35)51(25)48-46(61-37)41-27(55)10-21(53)12-39(41)63-48/h4-17H,1-3H3. The third kappa shape index (κ3) is 4.52. The fraction of sp³-hybridized carbons (Fsp3) is 0.0612. The number of thiophene rings is 2. The van der Waals surface area contributed by atoms with E-state index in [-0.39, 0.29) is 10.8 Å². The van der Waals surface area contributed by atoms with Crippen LogP contribution in [0.1, 0.15) is 16.7 Å². The smallest absolute Gasteiger partial charge is 0.273 e. The second-order valence-corrected chi connectivity index (χ2v) is 19.6. The van der Waals surface area contributed by atoms with E-state index in [1.807, 2.05) is 69.3 Å². The summed E-state index contributed by atoms with van der Waals surface area (Å²) < 4.78 is 103. The molecule has 15 heteroatoms. The van der Waals surface area contributed by atoms with Crippen molar-refractivity contribution < 1.29 is 46.0 Å². The van der Waals surface area contributed by atoms with E-state index in [1.54, 1.807) is 0 Å². The van der Waals surface area contributed by atoms with Crippen LogP contribution in [0.5, 0.6) is 69.0 Å². The highest BCUT2D eigenvalue weighted by molar-refractivity contribution is 7.33. The van der Waals surface area contributed by atoms with Gasteiger partial charge in [-0.3, -0.25) is 0 Å². The van der Waals surface area contributed by atoms with Crippen molar-refractivity contribution in [1.29, 1.82) is 0 Å². The molecule has 0 saturated carbocycles. The monoisotopic (exact) mass is 880 g/mol. The first-order valence-electron chi connectivity index (χ1n) is 20.7. The molecule has 2 aromatic heterocycles. The zero-order valence-electron chi connectivity index (χ0n) is 33.6. The first-order valence-corrected chi connectivity index (χ1v) is 22.3. The summed E-state index contributed by atoms with van der Waals surface area (Å²) in [6.45, 7) is 4.61. The highest BCUT2D eigenvalue weighted by Gasteiger charge is 2.49. The van der Waals surface area contributed by atoms with Crippen molar-refractivity contribution in [2.24, 2.45) is 0 Å². The summed E-state index contributed by atoms with van der Waals surface area (Å²) in [6, 6.07) is 24.4. The van der Waals surface area contributed by atoms with Crippen molar-refractivity contribution in [3.63, 3.8) is 0 Å². The van der Waals surface area contributed by atoms with Crippen LogP contribution in [0.15, 0.2) is 84.9 Å². The number of rotatable bonds is 0. The molecule has 0 fully saturated rings. The van der Waals surface area contributed by atoms with Gasteiger partial charge in [0, 0.05) is 59.6 Å². The van der Waals surface area contributed by atoms with Gasteiger partial charge in [0.05, 0.1) is 10.8 Å². The van der Waals surface area contributed by atoms with E-state index in [9.17, 15) is 8.78 Å². The number of hydrogen-bond donors (Lipinski definition) is 0. The minimum absolute atomic E-state index is 0.242. The van der Waals surface area contributed by atoms with E-state index in [0.29, 0.717) is 78.4 Å². The Bertz CT molecular complexity index is 3540. The quantitative estimate of drug-likeness (QED) is 0.115. The molecule has 0 atom stereocenters. The van der Waals surface area contributed by atoms with Crippen molar-refractivity contribution in [2.45, 2.75) is 20.8 Å². The van der Waals surface area contributed by atoms with E-state index in [1.165, 1.54) is 34.8 Å². The zero-order valence-corrected chi connectivity index (χ0v) is 35.2. The molecular weight excluding hydrogens is 857 g/mol. The van der Waals surface area contributed by atoms with Gasteiger partial charge in [-0.2, -0.15) is 0 Å². The summed E-state index contributed by atoms with van der Waals surface area (Å²) in [5.41, 5.74) is 8.58. The molecule has 0 saturated heterocycles.